The Bertz CT molecular complexity index is 733. The minimum absolute atomic E-state index is 0.257. The number of aryl methyl sites for hydroxylation is 1. The van der Waals surface area contributed by atoms with Crippen molar-refractivity contribution in [2.45, 2.75) is 63.8 Å². The molecular weight excluding hydrogens is 332 g/mol. The van der Waals surface area contributed by atoms with E-state index in [1.165, 1.54) is 0 Å². The number of rotatable bonds is 1. The first kappa shape index (κ1) is 18.7. The third-order valence-electron chi connectivity index (χ3n) is 5.03. The van der Waals surface area contributed by atoms with Gasteiger partial charge >= 0.3 is 6.09 Å². The molecule has 2 bridgehead atoms. The lowest BCUT2D eigenvalue weighted by Gasteiger charge is -2.51. The maximum absolute atomic E-state index is 12.7. The van der Waals surface area contributed by atoms with Gasteiger partial charge in [-0.2, -0.15) is 5.26 Å². The number of fused-ring (bicyclic) bond motifs is 2. The van der Waals surface area contributed by atoms with Gasteiger partial charge in [0, 0.05) is 12.8 Å². The van der Waals surface area contributed by atoms with Crippen LogP contribution in [0.15, 0.2) is 18.2 Å². The number of amides is 1. The zero-order valence-corrected chi connectivity index (χ0v) is 15.8. The van der Waals surface area contributed by atoms with E-state index in [0.29, 0.717) is 31.6 Å². The maximum Gasteiger partial charge on any atom is 0.410 e. The van der Waals surface area contributed by atoms with Gasteiger partial charge in [-0.3, -0.25) is 4.90 Å². The molecule has 0 aliphatic carbocycles. The number of nitrogens with zero attached hydrogens (tertiary/aromatic N) is 2. The molecule has 0 saturated carbocycles. The molecule has 2 heterocycles. The van der Waals surface area contributed by atoms with Gasteiger partial charge in [0.1, 0.15) is 5.60 Å². The highest BCUT2D eigenvalue weighted by atomic mass is 16.6. The fraction of sp³-hybridized carbons (Fsp3) is 0.600. The van der Waals surface area contributed by atoms with Gasteiger partial charge in [-0.1, -0.05) is 6.07 Å². The second kappa shape index (κ2) is 6.57. The lowest BCUT2D eigenvalue weighted by molar-refractivity contribution is -0.141. The summed E-state index contributed by atoms with van der Waals surface area (Å²) in [6.45, 7) is 8.20. The maximum atomic E-state index is 12.7. The molecule has 6 heteroatoms. The van der Waals surface area contributed by atoms with Crippen molar-refractivity contribution < 1.29 is 19.4 Å². The molecule has 6 nitrogen and oxygen atoms in total. The summed E-state index contributed by atoms with van der Waals surface area (Å²) in [4.78, 5) is 14.4. The first-order chi connectivity index (χ1) is 12.1. The van der Waals surface area contributed by atoms with E-state index in [9.17, 15) is 15.2 Å². The fourth-order valence-electron chi connectivity index (χ4n) is 4.00. The van der Waals surface area contributed by atoms with E-state index in [4.69, 9.17) is 9.47 Å². The van der Waals surface area contributed by atoms with E-state index in [0.717, 1.165) is 11.1 Å². The molecule has 1 amide bonds. The Kier molecular flexibility index (Phi) is 4.72. The predicted molar refractivity (Wildman–Crippen MR) is 95.5 cm³/mol. The van der Waals surface area contributed by atoms with E-state index in [1.807, 2.05) is 33.8 Å². The Morgan fingerprint density at radius 3 is 2.50 bits per heavy atom. The third kappa shape index (κ3) is 3.55. The monoisotopic (exact) mass is 358 g/mol. The van der Waals surface area contributed by atoms with Crippen LogP contribution in [-0.2, 0) is 15.1 Å². The van der Waals surface area contributed by atoms with Crippen LogP contribution in [0, 0.1) is 18.3 Å². The van der Waals surface area contributed by atoms with Crippen molar-refractivity contribution in [3.63, 3.8) is 0 Å². The standard InChI is InChI=1S/C20H26N2O4/c1-13-5-6-14(10-21)7-17(13)20(24)8-15-11-25-12-16(9-20)22(15)18(23)26-19(2,3)4/h5-7,15-16,24H,8-9,11-12H2,1-4H3. The molecule has 140 valence electrons. The first-order valence-corrected chi connectivity index (χ1v) is 8.96. The highest BCUT2D eigenvalue weighted by molar-refractivity contribution is 5.69. The van der Waals surface area contributed by atoms with E-state index < -0.39 is 11.2 Å². The summed E-state index contributed by atoms with van der Waals surface area (Å²) >= 11 is 0. The number of carbonyl (C=O) groups excluding carboxylic acids is 1. The smallest absolute Gasteiger partial charge is 0.410 e. The van der Waals surface area contributed by atoms with Gasteiger partial charge in [0.25, 0.3) is 0 Å². The molecule has 0 radical (unpaired) electrons. The summed E-state index contributed by atoms with van der Waals surface area (Å²) in [6.07, 6.45) is 0.358. The van der Waals surface area contributed by atoms with Crippen LogP contribution in [-0.4, -0.2) is 47.0 Å². The molecule has 1 N–H and O–H groups in total. The van der Waals surface area contributed by atoms with Gasteiger partial charge in [0.15, 0.2) is 0 Å². The average Bonchev–Trinajstić information content (AvgIpc) is 2.52. The van der Waals surface area contributed by atoms with Gasteiger partial charge in [-0.25, -0.2) is 4.79 Å². The SMILES string of the molecule is Cc1ccc(C#N)cc1C1(O)CC2COCC(C1)N2C(=O)OC(C)(C)C. The third-order valence-corrected chi connectivity index (χ3v) is 5.03. The Balaban J connectivity index is 1.90. The molecule has 2 unspecified atom stereocenters. The van der Waals surface area contributed by atoms with Crippen LogP contribution in [0.1, 0.15) is 50.3 Å². The van der Waals surface area contributed by atoms with E-state index in [1.54, 1.807) is 17.0 Å². The van der Waals surface area contributed by atoms with Crippen molar-refractivity contribution in [2.24, 2.45) is 0 Å². The largest absolute Gasteiger partial charge is 0.444 e. The molecule has 2 aliphatic rings. The molecule has 1 aromatic rings. The van der Waals surface area contributed by atoms with Gasteiger partial charge in [0.2, 0.25) is 0 Å². The van der Waals surface area contributed by atoms with Crippen LogP contribution < -0.4 is 0 Å². The topological polar surface area (TPSA) is 82.8 Å². The lowest BCUT2D eigenvalue weighted by atomic mass is 9.75. The van der Waals surface area contributed by atoms with Crippen LogP contribution in [0.25, 0.3) is 0 Å². The number of piperidine rings is 1. The summed E-state index contributed by atoms with van der Waals surface area (Å²) in [5.74, 6) is 0. The molecule has 1 aromatic carbocycles. The average molecular weight is 358 g/mol. The van der Waals surface area contributed by atoms with Crippen molar-refractivity contribution in [1.29, 1.82) is 5.26 Å². The van der Waals surface area contributed by atoms with Gasteiger partial charge in [-0.15, -0.1) is 0 Å². The lowest BCUT2D eigenvalue weighted by Crippen LogP contribution is -2.63. The molecule has 2 aliphatic heterocycles. The van der Waals surface area contributed by atoms with Crippen LogP contribution in [0.4, 0.5) is 4.79 Å². The van der Waals surface area contributed by atoms with Crippen LogP contribution >= 0.6 is 0 Å². The number of aliphatic hydroxyl groups is 1. The molecule has 2 saturated heterocycles. The number of benzene rings is 1. The fourth-order valence-corrected chi connectivity index (χ4v) is 4.00. The predicted octanol–water partition coefficient (Wildman–Crippen LogP) is 2.85. The van der Waals surface area contributed by atoms with Crippen molar-refractivity contribution in [2.75, 3.05) is 13.2 Å². The van der Waals surface area contributed by atoms with E-state index in [-0.39, 0.29) is 18.2 Å². The number of morpholine rings is 1. The van der Waals surface area contributed by atoms with Crippen molar-refractivity contribution in [1.82, 2.24) is 4.90 Å². The normalized spacial score (nSPS) is 28.4. The van der Waals surface area contributed by atoms with Gasteiger partial charge in [0.05, 0.1) is 42.5 Å². The van der Waals surface area contributed by atoms with Crippen LogP contribution in [0.2, 0.25) is 0 Å². The second-order valence-electron chi connectivity index (χ2n) is 8.31. The minimum Gasteiger partial charge on any atom is -0.444 e. The molecular formula is C20H26N2O4. The summed E-state index contributed by atoms with van der Waals surface area (Å²) in [5.41, 5.74) is 0.565. The molecule has 26 heavy (non-hydrogen) atoms. The number of carbonyl (C=O) groups is 1. The number of hydrogen-bond acceptors (Lipinski definition) is 5. The minimum atomic E-state index is -1.09. The van der Waals surface area contributed by atoms with Gasteiger partial charge in [-0.05, 0) is 51.0 Å². The zero-order valence-electron chi connectivity index (χ0n) is 15.8. The van der Waals surface area contributed by atoms with Crippen LogP contribution in [0.5, 0.6) is 0 Å². The van der Waals surface area contributed by atoms with E-state index >= 15 is 0 Å². The Labute approximate surface area is 154 Å². The van der Waals surface area contributed by atoms with E-state index in [2.05, 4.69) is 6.07 Å². The van der Waals surface area contributed by atoms with Crippen molar-refractivity contribution in [3.8, 4) is 6.07 Å². The quantitative estimate of drug-likeness (QED) is 0.835. The molecule has 3 rings (SSSR count). The molecule has 0 spiro atoms. The van der Waals surface area contributed by atoms with Crippen LogP contribution in [0.3, 0.4) is 0 Å². The van der Waals surface area contributed by atoms with Crippen molar-refractivity contribution >= 4 is 6.09 Å². The Morgan fingerprint density at radius 1 is 1.35 bits per heavy atom. The highest BCUT2D eigenvalue weighted by Gasteiger charge is 2.50. The summed E-state index contributed by atoms with van der Waals surface area (Å²) in [7, 11) is 0. The second-order valence-corrected chi connectivity index (χ2v) is 8.31. The molecule has 0 aromatic heterocycles. The number of ether oxygens (including phenoxy) is 2. The summed E-state index contributed by atoms with van der Waals surface area (Å²) < 4.78 is 11.2. The zero-order chi connectivity index (χ0) is 19.1. The number of nitriles is 1. The summed E-state index contributed by atoms with van der Waals surface area (Å²) in [6, 6.07) is 6.99. The highest BCUT2D eigenvalue weighted by Crippen LogP contribution is 2.42. The Hall–Kier alpha value is -2.10. The molecule has 2 fully saturated rings. The number of hydrogen-bond donors (Lipinski definition) is 1. The Morgan fingerprint density at radius 2 is 1.96 bits per heavy atom. The van der Waals surface area contributed by atoms with Gasteiger partial charge < -0.3 is 14.6 Å². The molecule has 2 atom stereocenters. The first-order valence-electron chi connectivity index (χ1n) is 8.96. The summed E-state index contributed by atoms with van der Waals surface area (Å²) in [5, 5.41) is 20.6. The van der Waals surface area contributed by atoms with Crippen molar-refractivity contribution in [3.05, 3.63) is 34.9 Å².